The molecule has 1 amide bonds. The van der Waals surface area contributed by atoms with Gasteiger partial charge in [-0.2, -0.15) is 5.10 Å². The quantitative estimate of drug-likeness (QED) is 0.318. The molecular weight excluding hydrogens is 450 g/mol. The van der Waals surface area contributed by atoms with Gasteiger partial charge in [0, 0.05) is 32.9 Å². The number of ether oxygens (including phenoxy) is 1. The van der Waals surface area contributed by atoms with Crippen LogP contribution in [0.3, 0.4) is 0 Å². The van der Waals surface area contributed by atoms with Crippen LogP contribution in [0, 0.1) is 6.92 Å². The number of hydrogen-bond donors (Lipinski definition) is 1. The molecule has 35 heavy (non-hydrogen) atoms. The fraction of sp³-hybridized carbons (Fsp3) is 0.375. The number of aryl methyl sites for hydroxylation is 2. The van der Waals surface area contributed by atoms with E-state index < -0.39 is 17.2 Å². The predicted molar refractivity (Wildman–Crippen MR) is 130 cm³/mol. The maximum Gasteiger partial charge on any atom is 0.333 e. The second-order valence-electron chi connectivity index (χ2n) is 8.33. The SMILES string of the molecule is COCCn1cnc2c1c(=O)n(CC(=O)NCCCn1cc(C)cn1)c(=O)n2Cc1ccccc1. The third-order valence-corrected chi connectivity index (χ3v) is 5.65. The molecule has 4 aromatic rings. The smallest absolute Gasteiger partial charge is 0.333 e. The lowest BCUT2D eigenvalue weighted by Crippen LogP contribution is -2.44. The summed E-state index contributed by atoms with van der Waals surface area (Å²) in [6.45, 7) is 3.64. The fourth-order valence-corrected chi connectivity index (χ4v) is 3.90. The van der Waals surface area contributed by atoms with Gasteiger partial charge in [-0.05, 0) is 24.5 Å². The number of carbonyl (C=O) groups excluding carboxylic acids is 1. The van der Waals surface area contributed by atoms with Crippen molar-refractivity contribution in [2.75, 3.05) is 20.3 Å². The second kappa shape index (κ2) is 11.0. The van der Waals surface area contributed by atoms with Gasteiger partial charge < -0.3 is 14.6 Å². The molecular formula is C24H29N7O4. The van der Waals surface area contributed by atoms with Gasteiger partial charge in [-0.15, -0.1) is 0 Å². The Morgan fingerprint density at radius 3 is 2.63 bits per heavy atom. The number of fused-ring (bicyclic) bond motifs is 1. The molecule has 0 aliphatic rings. The zero-order valence-electron chi connectivity index (χ0n) is 19.9. The highest BCUT2D eigenvalue weighted by Crippen LogP contribution is 2.10. The first-order valence-corrected chi connectivity index (χ1v) is 11.4. The van der Waals surface area contributed by atoms with Gasteiger partial charge in [0.1, 0.15) is 6.54 Å². The number of imidazole rings is 1. The maximum absolute atomic E-state index is 13.3. The topological polar surface area (TPSA) is 118 Å². The molecule has 0 fully saturated rings. The zero-order chi connectivity index (χ0) is 24.8. The minimum absolute atomic E-state index is 0.225. The first-order chi connectivity index (χ1) is 17.0. The van der Waals surface area contributed by atoms with Gasteiger partial charge in [0.25, 0.3) is 5.56 Å². The van der Waals surface area contributed by atoms with Gasteiger partial charge in [-0.3, -0.25) is 18.8 Å². The van der Waals surface area contributed by atoms with Crippen molar-refractivity contribution in [3.8, 4) is 0 Å². The van der Waals surface area contributed by atoms with Crippen molar-refractivity contribution < 1.29 is 9.53 Å². The van der Waals surface area contributed by atoms with Crippen molar-refractivity contribution in [1.29, 1.82) is 0 Å². The number of carbonyl (C=O) groups is 1. The lowest BCUT2D eigenvalue weighted by atomic mass is 10.2. The van der Waals surface area contributed by atoms with E-state index in [2.05, 4.69) is 15.4 Å². The van der Waals surface area contributed by atoms with Gasteiger partial charge >= 0.3 is 5.69 Å². The standard InChI is InChI=1S/C24H29N7O4/c1-18-13-27-29(14-18)10-6-9-25-20(32)16-31-23(33)21-22(26-17-28(21)11-12-35-2)30(24(31)34)15-19-7-4-3-5-8-19/h3-5,7-8,13-14,17H,6,9-12,15-16H2,1-2H3,(H,25,32). The number of benzene rings is 1. The number of amides is 1. The monoisotopic (exact) mass is 479 g/mol. The van der Waals surface area contributed by atoms with Crippen LogP contribution in [-0.4, -0.2) is 54.6 Å². The molecule has 3 heterocycles. The van der Waals surface area contributed by atoms with Crippen LogP contribution in [0.1, 0.15) is 17.5 Å². The number of nitrogens with one attached hydrogen (secondary N) is 1. The largest absolute Gasteiger partial charge is 0.383 e. The summed E-state index contributed by atoms with van der Waals surface area (Å²) in [5.74, 6) is -0.408. The predicted octanol–water partition coefficient (Wildman–Crippen LogP) is 0.766. The summed E-state index contributed by atoms with van der Waals surface area (Å²) < 4.78 is 11.0. The van der Waals surface area contributed by atoms with Crippen molar-refractivity contribution in [3.63, 3.8) is 0 Å². The number of aromatic nitrogens is 6. The molecule has 0 bridgehead atoms. The fourth-order valence-electron chi connectivity index (χ4n) is 3.90. The summed E-state index contributed by atoms with van der Waals surface area (Å²) in [5, 5.41) is 7.01. The number of hydrogen-bond acceptors (Lipinski definition) is 6. The second-order valence-corrected chi connectivity index (χ2v) is 8.33. The average Bonchev–Trinajstić information content (AvgIpc) is 3.47. The average molecular weight is 480 g/mol. The molecule has 0 aliphatic heterocycles. The van der Waals surface area contributed by atoms with E-state index in [-0.39, 0.29) is 24.3 Å². The molecule has 1 aromatic carbocycles. The van der Waals surface area contributed by atoms with Crippen LogP contribution in [-0.2, 0) is 35.7 Å². The van der Waals surface area contributed by atoms with E-state index >= 15 is 0 Å². The van der Waals surface area contributed by atoms with Gasteiger partial charge in [0.05, 0.1) is 25.7 Å². The summed E-state index contributed by atoms with van der Waals surface area (Å²) in [6.07, 6.45) is 5.90. The van der Waals surface area contributed by atoms with Gasteiger partial charge in [0.15, 0.2) is 11.2 Å². The molecule has 0 spiro atoms. The Morgan fingerprint density at radius 2 is 1.91 bits per heavy atom. The molecule has 11 nitrogen and oxygen atoms in total. The minimum atomic E-state index is -0.578. The number of nitrogens with zero attached hydrogens (tertiary/aromatic N) is 6. The van der Waals surface area contributed by atoms with E-state index in [1.165, 1.54) is 10.9 Å². The molecule has 0 saturated carbocycles. The molecule has 1 N–H and O–H groups in total. The first kappa shape index (κ1) is 24.1. The van der Waals surface area contributed by atoms with Crippen molar-refractivity contribution in [1.82, 2.24) is 33.8 Å². The lowest BCUT2D eigenvalue weighted by molar-refractivity contribution is -0.121. The minimum Gasteiger partial charge on any atom is -0.383 e. The summed E-state index contributed by atoms with van der Waals surface area (Å²) in [6, 6.07) is 9.43. The van der Waals surface area contributed by atoms with E-state index in [0.717, 1.165) is 15.7 Å². The van der Waals surface area contributed by atoms with Crippen molar-refractivity contribution in [2.45, 2.75) is 39.5 Å². The third kappa shape index (κ3) is 5.57. The molecule has 4 rings (SSSR count). The summed E-state index contributed by atoms with van der Waals surface area (Å²) in [4.78, 5) is 43.7. The van der Waals surface area contributed by atoms with Crippen LogP contribution in [0.25, 0.3) is 11.2 Å². The lowest BCUT2D eigenvalue weighted by Gasteiger charge is -2.13. The van der Waals surface area contributed by atoms with Crippen molar-refractivity contribution >= 4 is 17.1 Å². The van der Waals surface area contributed by atoms with Crippen LogP contribution >= 0.6 is 0 Å². The van der Waals surface area contributed by atoms with E-state index in [0.29, 0.717) is 32.7 Å². The highest BCUT2D eigenvalue weighted by Gasteiger charge is 2.20. The Morgan fingerprint density at radius 1 is 1.11 bits per heavy atom. The van der Waals surface area contributed by atoms with Crippen LogP contribution in [0.4, 0.5) is 0 Å². The Labute approximate surface area is 201 Å². The highest BCUT2D eigenvalue weighted by molar-refractivity contribution is 5.76. The van der Waals surface area contributed by atoms with Crippen LogP contribution in [0.15, 0.2) is 58.6 Å². The van der Waals surface area contributed by atoms with Crippen LogP contribution in [0.5, 0.6) is 0 Å². The summed E-state index contributed by atoms with van der Waals surface area (Å²) in [7, 11) is 1.57. The van der Waals surface area contributed by atoms with Crippen LogP contribution < -0.4 is 16.6 Å². The molecule has 0 atom stereocenters. The van der Waals surface area contributed by atoms with E-state index in [1.807, 2.05) is 48.1 Å². The molecule has 0 saturated heterocycles. The Hall–Kier alpha value is -3.99. The molecule has 0 unspecified atom stereocenters. The van der Waals surface area contributed by atoms with Crippen molar-refractivity contribution in [2.24, 2.45) is 0 Å². The Balaban J connectivity index is 1.58. The van der Waals surface area contributed by atoms with Crippen molar-refractivity contribution in [3.05, 3.63) is 81.0 Å². The number of methoxy groups -OCH3 is 1. The zero-order valence-corrected chi connectivity index (χ0v) is 19.9. The Bertz CT molecular complexity index is 1420. The normalized spacial score (nSPS) is 11.3. The van der Waals surface area contributed by atoms with E-state index in [1.54, 1.807) is 17.9 Å². The molecule has 11 heteroatoms. The molecule has 3 aromatic heterocycles. The molecule has 184 valence electrons. The molecule has 0 radical (unpaired) electrons. The molecule has 0 aliphatic carbocycles. The van der Waals surface area contributed by atoms with Gasteiger partial charge in [-0.1, -0.05) is 30.3 Å². The van der Waals surface area contributed by atoms with Gasteiger partial charge in [-0.25, -0.2) is 14.3 Å². The summed E-state index contributed by atoms with van der Waals surface area (Å²) >= 11 is 0. The van der Waals surface area contributed by atoms with E-state index in [9.17, 15) is 14.4 Å². The van der Waals surface area contributed by atoms with E-state index in [4.69, 9.17) is 4.74 Å². The third-order valence-electron chi connectivity index (χ3n) is 5.65. The first-order valence-electron chi connectivity index (χ1n) is 11.4. The Kier molecular flexibility index (Phi) is 7.56. The van der Waals surface area contributed by atoms with Crippen LogP contribution in [0.2, 0.25) is 0 Å². The van der Waals surface area contributed by atoms with Gasteiger partial charge in [0.2, 0.25) is 5.91 Å². The highest BCUT2D eigenvalue weighted by atomic mass is 16.5. The number of rotatable bonds is 11. The maximum atomic E-state index is 13.3. The summed E-state index contributed by atoms with van der Waals surface area (Å²) in [5.41, 5.74) is 1.37.